The predicted molar refractivity (Wildman–Crippen MR) is 147 cm³/mol. The zero-order valence-corrected chi connectivity index (χ0v) is 22.2. The van der Waals surface area contributed by atoms with Crippen molar-refractivity contribution in [1.82, 2.24) is 9.88 Å². The average molecular weight is 520 g/mol. The number of aromatic nitrogens is 1. The smallest absolute Gasteiger partial charge is 0.264 e. The summed E-state index contributed by atoms with van der Waals surface area (Å²) in [5, 5.41) is 15.4. The fourth-order valence-corrected chi connectivity index (χ4v) is 5.49. The van der Waals surface area contributed by atoms with Crippen LogP contribution < -0.4 is 9.62 Å². The molecule has 0 saturated carbocycles. The number of aldehydes is 1. The zero-order valence-electron chi connectivity index (χ0n) is 21.3. The molecule has 3 aromatic carbocycles. The van der Waals surface area contributed by atoms with Crippen molar-refractivity contribution in [3.63, 3.8) is 0 Å². The Labute approximate surface area is 218 Å². The number of carbonyl (C=O) groups is 1. The summed E-state index contributed by atoms with van der Waals surface area (Å²) in [7, 11) is -2.19. The van der Waals surface area contributed by atoms with Gasteiger partial charge in [-0.3, -0.25) is 9.10 Å². The largest absolute Gasteiger partial charge is 0.387 e. The zero-order chi connectivity index (χ0) is 26.6. The number of hydrogen-bond donors (Lipinski definition) is 2. The van der Waals surface area contributed by atoms with Gasteiger partial charge in [0.2, 0.25) is 0 Å². The first-order valence-electron chi connectivity index (χ1n) is 12.2. The number of hydrogen-bond acceptors (Lipinski definition) is 5. The standard InChI is InChI=1S/C29H33N3O4S/c1-29(2,15-17-32-16-14-23-18-22(21-33)12-13-27(23)32)30-20-28(34)24-8-7-9-25(19-24)31(3)37(35,36)26-10-5-4-6-11-26/h4-14,16,18-19,21,28,30,34H,15,17,20H2,1-3H3. The van der Waals surface area contributed by atoms with E-state index in [4.69, 9.17) is 0 Å². The van der Waals surface area contributed by atoms with Crippen LogP contribution in [0.3, 0.4) is 0 Å². The van der Waals surface area contributed by atoms with Crippen LogP contribution in [0.2, 0.25) is 0 Å². The van der Waals surface area contributed by atoms with E-state index < -0.39 is 16.1 Å². The van der Waals surface area contributed by atoms with Gasteiger partial charge in [-0.05, 0) is 74.4 Å². The molecule has 8 heteroatoms. The van der Waals surface area contributed by atoms with E-state index in [2.05, 4.69) is 23.7 Å². The number of anilines is 1. The number of nitrogens with zero attached hydrogens (tertiary/aromatic N) is 2. The number of aliphatic hydroxyl groups excluding tert-OH is 1. The van der Waals surface area contributed by atoms with Crippen LogP contribution in [0, 0.1) is 0 Å². The van der Waals surface area contributed by atoms with Gasteiger partial charge in [-0.15, -0.1) is 0 Å². The van der Waals surface area contributed by atoms with Crippen LogP contribution in [0.1, 0.15) is 42.3 Å². The van der Waals surface area contributed by atoms with Crippen LogP contribution in [0.5, 0.6) is 0 Å². The number of rotatable bonds is 11. The molecular formula is C29H33N3O4S. The minimum absolute atomic E-state index is 0.214. The molecule has 4 rings (SSSR count). The monoisotopic (exact) mass is 519 g/mol. The SMILES string of the molecule is CN(c1cccc(C(O)CNC(C)(C)CCn2ccc3cc(C=O)ccc32)c1)S(=O)(=O)c1ccccc1. The van der Waals surface area contributed by atoms with Gasteiger partial charge in [0.25, 0.3) is 10.0 Å². The van der Waals surface area contributed by atoms with Gasteiger partial charge in [-0.1, -0.05) is 30.3 Å². The predicted octanol–water partition coefficient (Wildman–Crippen LogP) is 4.77. The number of nitrogens with one attached hydrogen (secondary N) is 1. The van der Waals surface area contributed by atoms with Gasteiger partial charge < -0.3 is 15.0 Å². The van der Waals surface area contributed by atoms with E-state index in [0.29, 0.717) is 23.4 Å². The van der Waals surface area contributed by atoms with Gasteiger partial charge in [0, 0.05) is 48.3 Å². The number of fused-ring (bicyclic) bond motifs is 1. The van der Waals surface area contributed by atoms with Gasteiger partial charge in [0.05, 0.1) is 16.7 Å². The molecule has 4 aromatic rings. The van der Waals surface area contributed by atoms with Crippen LogP contribution >= 0.6 is 0 Å². The Kier molecular flexibility index (Phi) is 7.82. The lowest BCUT2D eigenvalue weighted by Crippen LogP contribution is -2.42. The molecule has 37 heavy (non-hydrogen) atoms. The lowest BCUT2D eigenvalue weighted by atomic mass is 9.99. The van der Waals surface area contributed by atoms with Crippen LogP contribution in [-0.2, 0) is 16.6 Å². The van der Waals surface area contributed by atoms with E-state index >= 15 is 0 Å². The first-order valence-corrected chi connectivity index (χ1v) is 13.7. The number of benzene rings is 3. The third-order valence-electron chi connectivity index (χ3n) is 6.70. The Morgan fingerprint density at radius 3 is 2.51 bits per heavy atom. The van der Waals surface area contributed by atoms with Crippen molar-refractivity contribution in [3.05, 3.63) is 96.2 Å². The molecule has 0 spiro atoms. The third kappa shape index (κ3) is 6.10. The molecule has 0 radical (unpaired) electrons. The maximum atomic E-state index is 13.0. The van der Waals surface area contributed by atoms with Crippen LogP contribution in [0.25, 0.3) is 10.9 Å². The lowest BCUT2D eigenvalue weighted by Gasteiger charge is -2.28. The molecule has 0 saturated heterocycles. The number of sulfonamides is 1. The van der Waals surface area contributed by atoms with Gasteiger partial charge >= 0.3 is 0 Å². The summed E-state index contributed by atoms with van der Waals surface area (Å²) in [4.78, 5) is 11.2. The highest BCUT2D eigenvalue weighted by Crippen LogP contribution is 2.26. The van der Waals surface area contributed by atoms with Crippen molar-refractivity contribution in [2.75, 3.05) is 17.9 Å². The van der Waals surface area contributed by atoms with Gasteiger partial charge in [-0.25, -0.2) is 8.42 Å². The van der Waals surface area contributed by atoms with E-state index in [1.807, 2.05) is 30.5 Å². The van der Waals surface area contributed by atoms with Gasteiger partial charge in [0.15, 0.2) is 0 Å². The Morgan fingerprint density at radius 1 is 1.03 bits per heavy atom. The molecule has 1 unspecified atom stereocenters. The molecule has 194 valence electrons. The van der Waals surface area contributed by atoms with Crippen molar-refractivity contribution in [3.8, 4) is 0 Å². The van der Waals surface area contributed by atoms with E-state index in [9.17, 15) is 18.3 Å². The van der Waals surface area contributed by atoms with E-state index in [-0.39, 0.29) is 10.4 Å². The molecule has 1 atom stereocenters. The summed E-state index contributed by atoms with van der Waals surface area (Å²) in [6.45, 7) is 5.28. The molecular weight excluding hydrogens is 486 g/mol. The van der Waals surface area contributed by atoms with Crippen molar-refractivity contribution in [1.29, 1.82) is 0 Å². The molecule has 0 amide bonds. The summed E-state index contributed by atoms with van der Waals surface area (Å²) in [5.74, 6) is 0. The molecule has 1 aromatic heterocycles. The van der Waals surface area contributed by atoms with Crippen molar-refractivity contribution in [2.24, 2.45) is 0 Å². The fraction of sp³-hybridized carbons (Fsp3) is 0.276. The third-order valence-corrected chi connectivity index (χ3v) is 8.50. The Balaban J connectivity index is 1.38. The Morgan fingerprint density at radius 2 is 1.78 bits per heavy atom. The quantitative estimate of drug-likeness (QED) is 0.279. The summed E-state index contributed by atoms with van der Waals surface area (Å²) < 4.78 is 29.4. The highest BCUT2D eigenvalue weighted by Gasteiger charge is 2.23. The molecule has 7 nitrogen and oxygen atoms in total. The van der Waals surface area contributed by atoms with E-state index in [1.165, 1.54) is 11.4 Å². The highest BCUT2D eigenvalue weighted by atomic mass is 32.2. The minimum atomic E-state index is -3.70. The second kappa shape index (κ2) is 10.9. The maximum Gasteiger partial charge on any atom is 0.264 e. The van der Waals surface area contributed by atoms with Crippen LogP contribution in [0.15, 0.2) is 90.0 Å². The molecule has 1 heterocycles. The van der Waals surface area contributed by atoms with Crippen molar-refractivity contribution < 1.29 is 18.3 Å². The molecule has 0 fully saturated rings. The number of carbonyl (C=O) groups excluding carboxylic acids is 1. The van der Waals surface area contributed by atoms with Crippen molar-refractivity contribution >= 4 is 32.9 Å². The Hall–Kier alpha value is -3.46. The molecule has 0 aliphatic carbocycles. The second-order valence-corrected chi connectivity index (χ2v) is 11.8. The summed E-state index contributed by atoms with van der Waals surface area (Å²) >= 11 is 0. The van der Waals surface area contributed by atoms with Gasteiger partial charge in [0.1, 0.15) is 6.29 Å². The molecule has 2 N–H and O–H groups in total. The fourth-order valence-electron chi connectivity index (χ4n) is 4.28. The van der Waals surface area contributed by atoms with Crippen LogP contribution in [0.4, 0.5) is 5.69 Å². The minimum Gasteiger partial charge on any atom is -0.387 e. The van der Waals surface area contributed by atoms with E-state index in [0.717, 1.165) is 30.2 Å². The number of β-amino-alcohol motifs (C(OH)–C–C–N with tert-alkyl or cyclic N) is 1. The van der Waals surface area contributed by atoms with Crippen LogP contribution in [-0.4, -0.2) is 43.5 Å². The van der Waals surface area contributed by atoms with E-state index in [1.54, 1.807) is 54.6 Å². The Bertz CT molecular complexity index is 1480. The van der Waals surface area contributed by atoms with Crippen molar-refractivity contribution in [2.45, 2.75) is 43.4 Å². The maximum absolute atomic E-state index is 13.0. The topological polar surface area (TPSA) is 91.6 Å². The average Bonchev–Trinajstić information content (AvgIpc) is 3.33. The number of aliphatic hydroxyl groups is 1. The first kappa shape index (κ1) is 26.6. The highest BCUT2D eigenvalue weighted by molar-refractivity contribution is 7.92. The first-order chi connectivity index (χ1) is 17.6. The molecule has 0 aliphatic rings. The second-order valence-electron chi connectivity index (χ2n) is 9.86. The molecule has 0 bridgehead atoms. The lowest BCUT2D eigenvalue weighted by molar-refractivity contribution is 0.112. The van der Waals surface area contributed by atoms with Gasteiger partial charge in [-0.2, -0.15) is 0 Å². The normalized spacial score (nSPS) is 13.0. The summed E-state index contributed by atoms with van der Waals surface area (Å²) in [6, 6.07) is 22.9. The molecule has 0 aliphatic heterocycles. The summed E-state index contributed by atoms with van der Waals surface area (Å²) in [6.07, 6.45) is 2.89. The number of aryl methyl sites for hydroxylation is 1. The summed E-state index contributed by atoms with van der Waals surface area (Å²) in [5.41, 5.74) is 2.60.